The minimum Gasteiger partial charge on any atom is -0.382 e. The molecule has 16 heavy (non-hydrogen) atoms. The quantitative estimate of drug-likeness (QED) is 0.773. The lowest BCUT2D eigenvalue weighted by atomic mass is 10.3. The first-order valence-corrected chi connectivity index (χ1v) is 5.12. The number of nitrogens with two attached hydrogens (primary N) is 1. The maximum absolute atomic E-state index is 5.49. The first-order chi connectivity index (χ1) is 7.74. The van der Waals surface area contributed by atoms with E-state index in [2.05, 4.69) is 14.9 Å². The van der Waals surface area contributed by atoms with Gasteiger partial charge < -0.3 is 20.1 Å². The first kappa shape index (κ1) is 11.1. The molecule has 1 aromatic rings. The fourth-order valence-corrected chi connectivity index (χ4v) is 1.88. The van der Waals surface area contributed by atoms with Crippen LogP contribution in [0.5, 0.6) is 0 Å². The van der Waals surface area contributed by atoms with Gasteiger partial charge in [0.15, 0.2) is 0 Å². The summed E-state index contributed by atoms with van der Waals surface area (Å²) in [6.07, 6.45) is 3.37. The number of nitrogens with zero attached hydrogens (tertiary/aromatic N) is 3. The Bertz CT molecular complexity index is 331. The SMILES string of the molecule is COC1CN(c2cnc(N)cn2)CC1OC. The minimum atomic E-state index is 0.0735. The Labute approximate surface area is 94.4 Å². The van der Waals surface area contributed by atoms with Crippen LogP contribution in [0.4, 0.5) is 11.6 Å². The monoisotopic (exact) mass is 224 g/mol. The van der Waals surface area contributed by atoms with E-state index in [1.54, 1.807) is 26.6 Å². The fraction of sp³-hybridized carbons (Fsp3) is 0.600. The predicted octanol–water partition coefficient (Wildman–Crippen LogP) is -0.0912. The van der Waals surface area contributed by atoms with Gasteiger partial charge in [-0.05, 0) is 0 Å². The van der Waals surface area contributed by atoms with Crippen LogP contribution in [0, 0.1) is 0 Å². The Hall–Kier alpha value is -1.40. The number of rotatable bonds is 3. The summed E-state index contributed by atoms with van der Waals surface area (Å²) in [5, 5.41) is 0. The van der Waals surface area contributed by atoms with E-state index in [0.717, 1.165) is 18.9 Å². The maximum Gasteiger partial charge on any atom is 0.147 e. The second kappa shape index (κ2) is 4.63. The molecule has 88 valence electrons. The molecule has 1 saturated heterocycles. The van der Waals surface area contributed by atoms with Gasteiger partial charge in [0, 0.05) is 27.3 Å². The Balaban J connectivity index is 2.09. The molecule has 0 aromatic carbocycles. The summed E-state index contributed by atoms with van der Waals surface area (Å²) in [7, 11) is 3.38. The molecule has 2 unspecified atom stereocenters. The van der Waals surface area contributed by atoms with Crippen LogP contribution in [0.25, 0.3) is 0 Å². The van der Waals surface area contributed by atoms with Crippen molar-refractivity contribution in [2.45, 2.75) is 12.2 Å². The van der Waals surface area contributed by atoms with Gasteiger partial charge in [-0.15, -0.1) is 0 Å². The van der Waals surface area contributed by atoms with Gasteiger partial charge in [-0.3, -0.25) is 0 Å². The highest BCUT2D eigenvalue weighted by Gasteiger charge is 2.33. The van der Waals surface area contributed by atoms with Gasteiger partial charge in [0.1, 0.15) is 23.8 Å². The summed E-state index contributed by atoms with van der Waals surface area (Å²) in [6, 6.07) is 0. The number of nitrogen functional groups attached to an aromatic ring is 1. The van der Waals surface area contributed by atoms with Crippen molar-refractivity contribution in [2.24, 2.45) is 0 Å². The second-order valence-corrected chi connectivity index (χ2v) is 3.75. The van der Waals surface area contributed by atoms with E-state index in [1.807, 2.05) is 0 Å². The Morgan fingerprint density at radius 3 is 2.25 bits per heavy atom. The largest absolute Gasteiger partial charge is 0.382 e. The zero-order chi connectivity index (χ0) is 11.5. The fourth-order valence-electron chi connectivity index (χ4n) is 1.88. The molecule has 0 saturated carbocycles. The lowest BCUT2D eigenvalue weighted by Crippen LogP contribution is -2.27. The zero-order valence-electron chi connectivity index (χ0n) is 9.46. The molecular weight excluding hydrogens is 208 g/mol. The van der Waals surface area contributed by atoms with Crippen molar-refractivity contribution in [2.75, 3.05) is 37.9 Å². The molecule has 0 spiro atoms. The molecule has 2 rings (SSSR count). The second-order valence-electron chi connectivity index (χ2n) is 3.75. The van der Waals surface area contributed by atoms with Crippen molar-refractivity contribution < 1.29 is 9.47 Å². The van der Waals surface area contributed by atoms with Crippen LogP contribution < -0.4 is 10.6 Å². The van der Waals surface area contributed by atoms with Crippen LogP contribution in [0.1, 0.15) is 0 Å². The third kappa shape index (κ3) is 2.07. The molecule has 0 radical (unpaired) electrons. The average Bonchev–Trinajstić information content (AvgIpc) is 2.73. The Kier molecular flexibility index (Phi) is 3.21. The van der Waals surface area contributed by atoms with E-state index in [4.69, 9.17) is 15.2 Å². The minimum absolute atomic E-state index is 0.0735. The van der Waals surface area contributed by atoms with Gasteiger partial charge in [-0.1, -0.05) is 0 Å². The van der Waals surface area contributed by atoms with E-state index in [0.29, 0.717) is 5.82 Å². The Morgan fingerprint density at radius 2 is 1.81 bits per heavy atom. The van der Waals surface area contributed by atoms with E-state index in [-0.39, 0.29) is 12.2 Å². The molecule has 1 fully saturated rings. The topological polar surface area (TPSA) is 73.5 Å². The van der Waals surface area contributed by atoms with E-state index in [1.165, 1.54) is 0 Å². The van der Waals surface area contributed by atoms with Crippen LogP contribution >= 0.6 is 0 Å². The molecule has 0 amide bonds. The highest BCUT2D eigenvalue weighted by molar-refractivity contribution is 5.41. The zero-order valence-corrected chi connectivity index (χ0v) is 9.46. The van der Waals surface area contributed by atoms with Gasteiger partial charge in [0.2, 0.25) is 0 Å². The summed E-state index contributed by atoms with van der Waals surface area (Å²) in [6.45, 7) is 1.52. The molecule has 6 nitrogen and oxygen atoms in total. The van der Waals surface area contributed by atoms with Crippen molar-refractivity contribution in [1.29, 1.82) is 0 Å². The lowest BCUT2D eigenvalue weighted by Gasteiger charge is -2.15. The summed E-state index contributed by atoms with van der Waals surface area (Å²) in [5.41, 5.74) is 5.49. The average molecular weight is 224 g/mol. The lowest BCUT2D eigenvalue weighted by molar-refractivity contribution is -0.00461. The molecule has 0 aliphatic carbocycles. The smallest absolute Gasteiger partial charge is 0.147 e. The van der Waals surface area contributed by atoms with E-state index in [9.17, 15) is 0 Å². The van der Waals surface area contributed by atoms with Gasteiger partial charge in [-0.25, -0.2) is 9.97 Å². The van der Waals surface area contributed by atoms with Crippen LogP contribution in [-0.4, -0.2) is 49.5 Å². The molecule has 1 aliphatic heterocycles. The summed E-state index contributed by atoms with van der Waals surface area (Å²) >= 11 is 0. The summed E-state index contributed by atoms with van der Waals surface area (Å²) in [4.78, 5) is 10.3. The number of ether oxygens (including phenoxy) is 2. The van der Waals surface area contributed by atoms with Crippen LogP contribution in [0.2, 0.25) is 0 Å². The highest BCUT2D eigenvalue weighted by Crippen LogP contribution is 2.21. The molecule has 2 atom stereocenters. The summed E-state index contributed by atoms with van der Waals surface area (Å²) < 4.78 is 10.7. The van der Waals surface area contributed by atoms with Crippen LogP contribution in [0.15, 0.2) is 12.4 Å². The molecule has 1 aromatic heterocycles. The molecular formula is C10H16N4O2. The Morgan fingerprint density at radius 1 is 1.19 bits per heavy atom. The molecule has 2 heterocycles. The molecule has 2 N–H and O–H groups in total. The van der Waals surface area contributed by atoms with Gasteiger partial charge in [0.25, 0.3) is 0 Å². The number of hydrogen-bond donors (Lipinski definition) is 1. The van der Waals surface area contributed by atoms with Crippen molar-refractivity contribution in [3.8, 4) is 0 Å². The number of methoxy groups -OCH3 is 2. The highest BCUT2D eigenvalue weighted by atomic mass is 16.5. The van der Waals surface area contributed by atoms with E-state index >= 15 is 0 Å². The van der Waals surface area contributed by atoms with E-state index < -0.39 is 0 Å². The number of aromatic nitrogens is 2. The predicted molar refractivity (Wildman–Crippen MR) is 60.3 cm³/mol. The van der Waals surface area contributed by atoms with Gasteiger partial charge >= 0.3 is 0 Å². The standard InChI is InChI=1S/C10H16N4O2/c1-15-7-5-14(6-8(7)16-2)10-4-12-9(11)3-13-10/h3-4,7-8H,5-6H2,1-2H3,(H2,11,12). The van der Waals surface area contributed by atoms with Crippen molar-refractivity contribution in [3.05, 3.63) is 12.4 Å². The summed E-state index contributed by atoms with van der Waals surface area (Å²) in [5.74, 6) is 1.23. The molecule has 0 bridgehead atoms. The first-order valence-electron chi connectivity index (χ1n) is 5.12. The third-order valence-electron chi connectivity index (χ3n) is 2.80. The van der Waals surface area contributed by atoms with Gasteiger partial charge in [-0.2, -0.15) is 0 Å². The van der Waals surface area contributed by atoms with Crippen LogP contribution in [-0.2, 0) is 9.47 Å². The number of hydrogen-bond acceptors (Lipinski definition) is 6. The molecule has 1 aliphatic rings. The van der Waals surface area contributed by atoms with Crippen LogP contribution in [0.3, 0.4) is 0 Å². The van der Waals surface area contributed by atoms with Crippen molar-refractivity contribution in [1.82, 2.24) is 9.97 Å². The van der Waals surface area contributed by atoms with Crippen molar-refractivity contribution in [3.63, 3.8) is 0 Å². The molecule has 6 heteroatoms. The number of anilines is 2. The van der Waals surface area contributed by atoms with Crippen molar-refractivity contribution >= 4 is 11.6 Å². The van der Waals surface area contributed by atoms with Gasteiger partial charge in [0.05, 0.1) is 12.4 Å². The third-order valence-corrected chi connectivity index (χ3v) is 2.80. The normalized spacial score (nSPS) is 25.0. The maximum atomic E-state index is 5.49.